The Hall–Kier alpha value is -0.960. The molecule has 18 heavy (non-hydrogen) atoms. The number of thiol groups is 1. The van der Waals surface area contributed by atoms with Gasteiger partial charge in [-0.2, -0.15) is 0 Å². The van der Waals surface area contributed by atoms with Gasteiger partial charge in [-0.25, -0.2) is 0 Å². The molecule has 1 amide bonds. The molecular weight excluding hydrogens is 242 g/mol. The third-order valence-corrected chi connectivity index (χ3v) is 4.13. The molecule has 0 N–H and O–H groups in total. The summed E-state index contributed by atoms with van der Waals surface area (Å²) in [7, 11) is 0. The normalized spacial score (nSPS) is 20.6. The molecule has 0 aliphatic carbocycles. The van der Waals surface area contributed by atoms with Crippen LogP contribution in [0.4, 0.5) is 0 Å². The van der Waals surface area contributed by atoms with Crippen LogP contribution >= 0.6 is 12.6 Å². The molecule has 1 heterocycles. The van der Waals surface area contributed by atoms with Gasteiger partial charge in [0.25, 0.3) is 5.91 Å². The van der Waals surface area contributed by atoms with Crippen molar-refractivity contribution in [2.24, 2.45) is 0 Å². The van der Waals surface area contributed by atoms with E-state index in [4.69, 9.17) is 0 Å². The van der Waals surface area contributed by atoms with Crippen LogP contribution in [0.1, 0.15) is 49.4 Å². The van der Waals surface area contributed by atoms with Crippen LogP contribution in [-0.2, 0) is 0 Å². The fourth-order valence-corrected chi connectivity index (χ4v) is 2.93. The lowest BCUT2D eigenvalue weighted by Gasteiger charge is -2.29. The molecular formula is C15H21NOS. The van der Waals surface area contributed by atoms with Crippen LogP contribution in [-0.4, -0.2) is 23.4 Å². The number of carbonyl (C=O) groups excluding carboxylic acids is 1. The van der Waals surface area contributed by atoms with Crippen molar-refractivity contribution in [1.29, 1.82) is 0 Å². The Morgan fingerprint density at radius 2 is 2.11 bits per heavy atom. The maximum atomic E-state index is 12.6. The zero-order valence-corrected chi connectivity index (χ0v) is 11.8. The lowest BCUT2D eigenvalue weighted by atomic mass is 10.1. The first-order chi connectivity index (χ1) is 8.74. The van der Waals surface area contributed by atoms with E-state index in [-0.39, 0.29) is 5.91 Å². The van der Waals surface area contributed by atoms with Crippen LogP contribution in [0.2, 0.25) is 0 Å². The van der Waals surface area contributed by atoms with E-state index < -0.39 is 0 Å². The number of rotatable bonds is 2. The number of carbonyl (C=O) groups is 1. The molecule has 0 aromatic heterocycles. The van der Waals surface area contributed by atoms with Gasteiger partial charge in [0, 0.05) is 17.5 Å². The van der Waals surface area contributed by atoms with E-state index in [0.717, 1.165) is 36.3 Å². The minimum Gasteiger partial charge on any atom is -0.336 e. The van der Waals surface area contributed by atoms with E-state index in [1.807, 2.05) is 24.3 Å². The quantitative estimate of drug-likeness (QED) is 0.805. The highest BCUT2D eigenvalue weighted by Crippen LogP contribution is 2.23. The topological polar surface area (TPSA) is 20.3 Å². The zero-order valence-electron chi connectivity index (χ0n) is 10.9. The second-order valence-corrected chi connectivity index (χ2v) is 5.41. The van der Waals surface area contributed by atoms with Crippen molar-refractivity contribution >= 4 is 18.5 Å². The minimum atomic E-state index is 0.148. The number of benzene rings is 1. The first-order valence-corrected chi connectivity index (χ1v) is 7.27. The molecule has 1 fully saturated rings. The van der Waals surface area contributed by atoms with E-state index in [0.29, 0.717) is 6.04 Å². The Morgan fingerprint density at radius 3 is 2.83 bits per heavy atom. The summed E-state index contributed by atoms with van der Waals surface area (Å²) in [4.78, 5) is 15.5. The SMILES string of the molecule is CCC1CCCCCN1C(=O)c1ccccc1S. The van der Waals surface area contributed by atoms with E-state index >= 15 is 0 Å². The molecule has 2 rings (SSSR count). The van der Waals surface area contributed by atoms with E-state index in [2.05, 4.69) is 24.5 Å². The molecule has 1 aliphatic rings. The fourth-order valence-electron chi connectivity index (χ4n) is 2.68. The monoisotopic (exact) mass is 263 g/mol. The second-order valence-electron chi connectivity index (χ2n) is 4.93. The van der Waals surface area contributed by atoms with E-state index in [9.17, 15) is 4.79 Å². The average Bonchev–Trinajstić information content (AvgIpc) is 2.63. The molecule has 98 valence electrons. The van der Waals surface area contributed by atoms with Crippen LogP contribution in [0, 0.1) is 0 Å². The highest BCUT2D eigenvalue weighted by molar-refractivity contribution is 7.80. The van der Waals surface area contributed by atoms with Gasteiger partial charge >= 0.3 is 0 Å². The third-order valence-electron chi connectivity index (χ3n) is 3.74. The average molecular weight is 263 g/mol. The van der Waals surface area contributed by atoms with Crippen molar-refractivity contribution in [1.82, 2.24) is 4.90 Å². The molecule has 1 aliphatic heterocycles. The summed E-state index contributed by atoms with van der Waals surface area (Å²) in [5.74, 6) is 0.148. The highest BCUT2D eigenvalue weighted by Gasteiger charge is 2.25. The van der Waals surface area contributed by atoms with E-state index in [1.54, 1.807) is 0 Å². The molecule has 1 aromatic carbocycles. The first-order valence-electron chi connectivity index (χ1n) is 6.83. The smallest absolute Gasteiger partial charge is 0.255 e. The van der Waals surface area contributed by atoms with Crippen LogP contribution < -0.4 is 0 Å². The first kappa shape index (κ1) is 13.5. The maximum Gasteiger partial charge on any atom is 0.255 e. The van der Waals surface area contributed by atoms with Crippen molar-refractivity contribution in [3.05, 3.63) is 29.8 Å². The number of nitrogens with zero attached hydrogens (tertiary/aromatic N) is 1. The summed E-state index contributed by atoms with van der Waals surface area (Å²) in [5, 5.41) is 0. The van der Waals surface area contributed by atoms with Gasteiger partial charge < -0.3 is 4.90 Å². The Labute approximate surface area is 115 Å². The Bertz CT molecular complexity index is 419. The highest BCUT2D eigenvalue weighted by atomic mass is 32.1. The second kappa shape index (κ2) is 6.28. The summed E-state index contributed by atoms with van der Waals surface area (Å²) >= 11 is 4.40. The molecule has 0 spiro atoms. The van der Waals surface area contributed by atoms with Crippen molar-refractivity contribution in [3.63, 3.8) is 0 Å². The maximum absolute atomic E-state index is 12.6. The predicted octanol–water partition coefficient (Wildman–Crippen LogP) is 3.77. The zero-order chi connectivity index (χ0) is 13.0. The van der Waals surface area contributed by atoms with Gasteiger partial charge in [-0.15, -0.1) is 12.6 Å². The van der Waals surface area contributed by atoms with Crippen LogP contribution in [0.15, 0.2) is 29.2 Å². The van der Waals surface area contributed by atoms with Crippen LogP contribution in [0.25, 0.3) is 0 Å². The summed E-state index contributed by atoms with van der Waals surface area (Å²) in [6, 6.07) is 7.98. The molecule has 2 nitrogen and oxygen atoms in total. The van der Waals surface area contributed by atoms with Gasteiger partial charge in [-0.05, 0) is 31.4 Å². The van der Waals surface area contributed by atoms with Crippen molar-refractivity contribution in [2.75, 3.05) is 6.54 Å². The van der Waals surface area contributed by atoms with Gasteiger partial charge in [0.2, 0.25) is 0 Å². The summed E-state index contributed by atoms with van der Waals surface area (Å²) < 4.78 is 0. The summed E-state index contributed by atoms with van der Waals surface area (Å²) in [6.07, 6.45) is 5.78. The van der Waals surface area contributed by atoms with Gasteiger partial charge in [0.1, 0.15) is 0 Å². The fraction of sp³-hybridized carbons (Fsp3) is 0.533. The molecule has 1 unspecified atom stereocenters. The number of hydrogen-bond donors (Lipinski definition) is 1. The van der Waals surface area contributed by atoms with Gasteiger partial charge in [-0.1, -0.05) is 31.9 Å². The van der Waals surface area contributed by atoms with Crippen molar-refractivity contribution < 1.29 is 4.79 Å². The predicted molar refractivity (Wildman–Crippen MR) is 77.3 cm³/mol. The summed E-state index contributed by atoms with van der Waals surface area (Å²) in [6.45, 7) is 3.06. The molecule has 1 saturated heterocycles. The number of amides is 1. The van der Waals surface area contributed by atoms with Gasteiger partial charge in [-0.3, -0.25) is 4.79 Å². The standard InChI is InChI=1S/C15H21NOS/c1-2-12-8-4-3-7-11-16(12)15(17)13-9-5-6-10-14(13)18/h5-6,9-10,12,18H,2-4,7-8,11H2,1H3. The molecule has 3 heteroatoms. The Balaban J connectivity index is 2.23. The molecule has 1 atom stereocenters. The molecule has 0 bridgehead atoms. The van der Waals surface area contributed by atoms with E-state index in [1.165, 1.54) is 12.8 Å². The Morgan fingerprint density at radius 1 is 1.33 bits per heavy atom. The third kappa shape index (κ3) is 2.89. The Kier molecular flexibility index (Phi) is 4.70. The molecule has 1 aromatic rings. The lowest BCUT2D eigenvalue weighted by molar-refractivity contribution is 0.0674. The van der Waals surface area contributed by atoms with Crippen molar-refractivity contribution in [3.8, 4) is 0 Å². The molecule has 0 saturated carbocycles. The number of hydrogen-bond acceptors (Lipinski definition) is 2. The summed E-state index contributed by atoms with van der Waals surface area (Å²) in [5.41, 5.74) is 0.737. The van der Waals surface area contributed by atoms with Gasteiger partial charge in [0.05, 0.1) is 5.56 Å². The van der Waals surface area contributed by atoms with Gasteiger partial charge in [0.15, 0.2) is 0 Å². The minimum absolute atomic E-state index is 0.148. The molecule has 0 radical (unpaired) electrons. The van der Waals surface area contributed by atoms with Crippen LogP contribution in [0.3, 0.4) is 0 Å². The lowest BCUT2D eigenvalue weighted by Crippen LogP contribution is -2.39. The van der Waals surface area contributed by atoms with Crippen molar-refractivity contribution in [2.45, 2.75) is 50.0 Å². The van der Waals surface area contributed by atoms with Crippen LogP contribution in [0.5, 0.6) is 0 Å². The largest absolute Gasteiger partial charge is 0.336 e. The number of likely N-dealkylation sites (tertiary alicyclic amines) is 1.